The largest absolute Gasteiger partial charge is 0.494 e. The first-order valence-corrected chi connectivity index (χ1v) is 10.1. The van der Waals surface area contributed by atoms with Gasteiger partial charge in [0, 0.05) is 26.7 Å². The summed E-state index contributed by atoms with van der Waals surface area (Å²) in [5, 5.41) is 0. The summed E-state index contributed by atoms with van der Waals surface area (Å²) >= 11 is 0. The summed E-state index contributed by atoms with van der Waals surface area (Å²) in [6.45, 7) is 12.1. The monoisotopic (exact) mass is 379 g/mol. The lowest BCUT2D eigenvalue weighted by atomic mass is 10.2. The van der Waals surface area contributed by atoms with Crippen LogP contribution in [-0.4, -0.2) is 75.0 Å². The number of benzene rings is 1. The second-order valence-corrected chi connectivity index (χ2v) is 7.49. The quantitative estimate of drug-likeness (QED) is 0.551. The number of nitrogens with zero attached hydrogens (tertiary/aromatic N) is 3. The van der Waals surface area contributed by atoms with Gasteiger partial charge in [-0.25, -0.2) is 0 Å². The molecule has 0 heterocycles. The number of hydrogen-bond acceptors (Lipinski definition) is 4. The summed E-state index contributed by atoms with van der Waals surface area (Å²) in [6, 6.07) is 8.02. The number of rotatable bonds is 11. The van der Waals surface area contributed by atoms with E-state index in [1.165, 1.54) is 0 Å². The van der Waals surface area contributed by atoms with Crippen molar-refractivity contribution in [3.63, 3.8) is 0 Å². The van der Waals surface area contributed by atoms with Gasteiger partial charge in [-0.15, -0.1) is 0 Å². The Morgan fingerprint density at radius 2 is 1.63 bits per heavy atom. The van der Waals surface area contributed by atoms with Crippen molar-refractivity contribution in [1.82, 2.24) is 14.7 Å². The second kappa shape index (κ2) is 14.5. The highest BCUT2D eigenvalue weighted by molar-refractivity contribution is 5.77. The van der Waals surface area contributed by atoms with Crippen LogP contribution in [0.4, 0.5) is 0 Å². The summed E-state index contributed by atoms with van der Waals surface area (Å²) in [5.41, 5.74) is 1.11. The van der Waals surface area contributed by atoms with E-state index in [0.717, 1.165) is 37.4 Å². The zero-order valence-electron chi connectivity index (χ0n) is 18.8. The fourth-order valence-corrected chi connectivity index (χ4v) is 2.66. The van der Waals surface area contributed by atoms with Gasteiger partial charge in [0.2, 0.25) is 5.91 Å². The maximum absolute atomic E-state index is 12.3. The van der Waals surface area contributed by atoms with E-state index in [0.29, 0.717) is 19.0 Å². The van der Waals surface area contributed by atoms with Gasteiger partial charge in [-0.2, -0.15) is 0 Å². The number of hydrogen-bond donors (Lipinski definition) is 0. The molecular weight excluding hydrogens is 338 g/mol. The number of likely N-dealkylation sites (N-methyl/N-ethyl adjacent to an activating group) is 2. The summed E-state index contributed by atoms with van der Waals surface area (Å²) in [5.74, 6) is 1.59. The maximum Gasteiger partial charge on any atom is 0.236 e. The Morgan fingerprint density at radius 1 is 1.04 bits per heavy atom. The number of carbonyl (C=O) groups is 1. The van der Waals surface area contributed by atoms with E-state index < -0.39 is 0 Å². The van der Waals surface area contributed by atoms with E-state index in [-0.39, 0.29) is 5.91 Å². The molecule has 0 aliphatic heterocycles. The van der Waals surface area contributed by atoms with Crippen LogP contribution in [0.25, 0.3) is 0 Å². The Hall–Kier alpha value is -1.59. The second-order valence-electron chi connectivity index (χ2n) is 7.49. The van der Waals surface area contributed by atoms with Gasteiger partial charge in [0.25, 0.3) is 0 Å². The summed E-state index contributed by atoms with van der Waals surface area (Å²) in [6.07, 6.45) is 1.01. The lowest BCUT2D eigenvalue weighted by molar-refractivity contribution is -0.131. The lowest BCUT2D eigenvalue weighted by Gasteiger charge is -2.23. The molecule has 0 saturated carbocycles. The molecule has 0 aliphatic carbocycles. The van der Waals surface area contributed by atoms with Crippen molar-refractivity contribution < 1.29 is 9.53 Å². The molecule has 5 nitrogen and oxygen atoms in total. The molecule has 0 atom stereocenters. The molecule has 0 fully saturated rings. The van der Waals surface area contributed by atoms with Gasteiger partial charge >= 0.3 is 0 Å². The van der Waals surface area contributed by atoms with Gasteiger partial charge in [0.15, 0.2) is 0 Å². The smallest absolute Gasteiger partial charge is 0.236 e. The van der Waals surface area contributed by atoms with Gasteiger partial charge in [-0.1, -0.05) is 39.8 Å². The lowest BCUT2D eigenvalue weighted by Crippen LogP contribution is -2.37. The zero-order valence-corrected chi connectivity index (χ0v) is 18.8. The van der Waals surface area contributed by atoms with E-state index in [1.807, 2.05) is 52.2 Å². The van der Waals surface area contributed by atoms with Crippen LogP contribution < -0.4 is 4.74 Å². The van der Waals surface area contributed by atoms with Crippen LogP contribution in [0, 0.1) is 5.92 Å². The minimum Gasteiger partial charge on any atom is -0.494 e. The van der Waals surface area contributed by atoms with E-state index in [2.05, 4.69) is 37.7 Å². The van der Waals surface area contributed by atoms with Gasteiger partial charge < -0.3 is 14.5 Å². The van der Waals surface area contributed by atoms with Crippen molar-refractivity contribution in [3.8, 4) is 5.75 Å². The molecule has 1 aromatic rings. The third-order valence-electron chi connectivity index (χ3n) is 3.87. The highest BCUT2D eigenvalue weighted by atomic mass is 16.5. The van der Waals surface area contributed by atoms with Crippen molar-refractivity contribution in [2.45, 2.75) is 40.7 Å². The minimum absolute atomic E-state index is 0.146. The van der Waals surface area contributed by atoms with E-state index >= 15 is 0 Å². The number of ether oxygens (including phenoxy) is 1. The Kier molecular flexibility index (Phi) is 13.6. The van der Waals surface area contributed by atoms with Gasteiger partial charge in [-0.05, 0) is 51.2 Å². The molecule has 1 amide bonds. The first-order chi connectivity index (χ1) is 12.8. The standard InChI is InChI=1S/C20H35N3O2.C2H6/c1-17(2)14-22(5)16-20(24)23(6)15-18-8-10-19(11-9-18)25-13-7-12-21(3)4;1-2/h8-11,17H,7,12-16H2,1-6H3;1-2H3. The molecule has 27 heavy (non-hydrogen) atoms. The van der Waals surface area contributed by atoms with Gasteiger partial charge in [0.05, 0.1) is 13.2 Å². The van der Waals surface area contributed by atoms with Crippen molar-refractivity contribution in [3.05, 3.63) is 29.8 Å². The minimum atomic E-state index is 0.146. The Labute approximate surface area is 167 Å². The molecule has 1 rings (SSSR count). The van der Waals surface area contributed by atoms with Crippen LogP contribution in [0.2, 0.25) is 0 Å². The first kappa shape index (κ1) is 25.4. The van der Waals surface area contributed by atoms with Crippen molar-refractivity contribution in [2.24, 2.45) is 5.92 Å². The molecule has 0 spiro atoms. The SMILES string of the molecule is CC.CC(C)CN(C)CC(=O)N(C)Cc1ccc(OCCCN(C)C)cc1. The Morgan fingerprint density at radius 3 is 2.15 bits per heavy atom. The molecule has 0 bridgehead atoms. The summed E-state index contributed by atoms with van der Waals surface area (Å²) < 4.78 is 5.74. The van der Waals surface area contributed by atoms with Crippen LogP contribution in [-0.2, 0) is 11.3 Å². The Balaban J connectivity index is 0.00000326. The van der Waals surface area contributed by atoms with Crippen molar-refractivity contribution in [1.29, 1.82) is 0 Å². The zero-order chi connectivity index (χ0) is 20.8. The molecular formula is C22H41N3O2. The van der Waals surface area contributed by atoms with Crippen LogP contribution in [0.3, 0.4) is 0 Å². The molecule has 0 aliphatic rings. The molecule has 5 heteroatoms. The third-order valence-corrected chi connectivity index (χ3v) is 3.87. The molecule has 0 unspecified atom stereocenters. The van der Waals surface area contributed by atoms with Gasteiger partial charge in [-0.3, -0.25) is 9.69 Å². The highest BCUT2D eigenvalue weighted by Gasteiger charge is 2.13. The molecule has 0 saturated heterocycles. The molecule has 0 N–H and O–H groups in total. The molecule has 0 aromatic heterocycles. The van der Waals surface area contributed by atoms with Gasteiger partial charge in [0.1, 0.15) is 5.75 Å². The van der Waals surface area contributed by atoms with Crippen LogP contribution in [0.15, 0.2) is 24.3 Å². The summed E-state index contributed by atoms with van der Waals surface area (Å²) in [4.78, 5) is 18.3. The predicted molar refractivity (Wildman–Crippen MR) is 115 cm³/mol. The first-order valence-electron chi connectivity index (χ1n) is 10.1. The van der Waals surface area contributed by atoms with Crippen molar-refractivity contribution >= 4 is 5.91 Å². The predicted octanol–water partition coefficient (Wildman–Crippen LogP) is 3.59. The molecule has 0 radical (unpaired) electrons. The average molecular weight is 380 g/mol. The van der Waals surface area contributed by atoms with Crippen LogP contribution in [0.1, 0.15) is 39.7 Å². The van der Waals surface area contributed by atoms with E-state index in [1.54, 1.807) is 4.90 Å². The van der Waals surface area contributed by atoms with E-state index in [9.17, 15) is 4.79 Å². The average Bonchev–Trinajstić information content (AvgIpc) is 2.60. The fraction of sp³-hybridized carbons (Fsp3) is 0.682. The van der Waals surface area contributed by atoms with Crippen LogP contribution >= 0.6 is 0 Å². The van der Waals surface area contributed by atoms with E-state index in [4.69, 9.17) is 4.74 Å². The van der Waals surface area contributed by atoms with Crippen molar-refractivity contribution in [2.75, 3.05) is 54.4 Å². The fourth-order valence-electron chi connectivity index (χ4n) is 2.66. The topological polar surface area (TPSA) is 36.0 Å². The normalized spacial score (nSPS) is 10.8. The number of amides is 1. The van der Waals surface area contributed by atoms with Crippen LogP contribution in [0.5, 0.6) is 5.75 Å². The number of carbonyl (C=O) groups excluding carboxylic acids is 1. The highest BCUT2D eigenvalue weighted by Crippen LogP contribution is 2.14. The Bertz CT molecular complexity index is 501. The third kappa shape index (κ3) is 12.4. The summed E-state index contributed by atoms with van der Waals surface area (Å²) in [7, 11) is 7.98. The molecule has 156 valence electrons. The molecule has 1 aromatic carbocycles. The maximum atomic E-state index is 12.3.